The molecule has 1 aromatic rings. The van der Waals surface area contributed by atoms with Crippen LogP contribution in [-0.2, 0) is 11.5 Å². The van der Waals surface area contributed by atoms with Crippen molar-refractivity contribution in [3.63, 3.8) is 0 Å². The summed E-state index contributed by atoms with van der Waals surface area (Å²) in [5.41, 5.74) is 0. The Balaban J connectivity index is 0.000000461. The summed E-state index contributed by atoms with van der Waals surface area (Å²) in [6.07, 6.45) is 22.7. The predicted molar refractivity (Wildman–Crippen MR) is 96.0 cm³/mol. The highest BCUT2D eigenvalue weighted by atomic mass is 16.5. The molecule has 0 unspecified atom stereocenters. The second-order valence-electron chi connectivity index (χ2n) is 6.03. The van der Waals surface area contributed by atoms with E-state index in [9.17, 15) is 0 Å². The number of hydrogen-bond donors (Lipinski definition) is 0. The minimum atomic E-state index is 0.583. The number of hydrogen-bond acceptors (Lipinski definition) is 2. The van der Waals surface area contributed by atoms with Gasteiger partial charge in [0.05, 0.1) is 6.33 Å². The van der Waals surface area contributed by atoms with Gasteiger partial charge in [0.1, 0.15) is 6.73 Å². The van der Waals surface area contributed by atoms with E-state index in [0.717, 1.165) is 0 Å². The smallest absolute Gasteiger partial charge is 0.123 e. The van der Waals surface area contributed by atoms with Crippen LogP contribution >= 0.6 is 0 Å². The molecular weight excluding hydrogens is 272 g/mol. The van der Waals surface area contributed by atoms with E-state index in [-0.39, 0.29) is 0 Å². The molecule has 22 heavy (non-hydrogen) atoms. The maximum atomic E-state index is 4.81. The molecule has 0 aliphatic heterocycles. The van der Waals surface area contributed by atoms with Gasteiger partial charge in [-0.25, -0.2) is 4.98 Å². The second kappa shape index (κ2) is 18.2. The van der Waals surface area contributed by atoms with E-state index in [2.05, 4.69) is 18.8 Å². The summed E-state index contributed by atoms with van der Waals surface area (Å²) in [7, 11) is 1.65. The molecular formula is C19H38N2O. The molecule has 0 N–H and O–H groups in total. The van der Waals surface area contributed by atoms with Gasteiger partial charge in [-0.2, -0.15) is 0 Å². The highest BCUT2D eigenvalue weighted by Crippen LogP contribution is 2.11. The molecule has 0 aliphatic carbocycles. The standard InChI is InChI=1S/C14H30.C5H8N2O/c1-3-5-7-9-11-13-14-12-10-8-6-4-2;1-8-5-7-3-2-6-4-7/h3-14H2,1-2H3;2-4H,5H2,1H3. The molecule has 0 saturated heterocycles. The molecule has 0 radical (unpaired) electrons. The summed E-state index contributed by atoms with van der Waals surface area (Å²) in [6, 6.07) is 0. The molecule has 0 aromatic carbocycles. The lowest BCUT2D eigenvalue weighted by Gasteiger charge is -2.01. The van der Waals surface area contributed by atoms with Crippen molar-refractivity contribution in [3.05, 3.63) is 18.7 Å². The van der Waals surface area contributed by atoms with E-state index in [4.69, 9.17) is 4.74 Å². The fourth-order valence-corrected chi connectivity index (χ4v) is 2.43. The van der Waals surface area contributed by atoms with Gasteiger partial charge >= 0.3 is 0 Å². The Morgan fingerprint density at radius 1 is 0.773 bits per heavy atom. The van der Waals surface area contributed by atoms with Crippen LogP contribution in [0, 0.1) is 0 Å². The van der Waals surface area contributed by atoms with Crippen molar-refractivity contribution < 1.29 is 4.74 Å². The molecule has 0 bridgehead atoms. The third-order valence-corrected chi connectivity index (χ3v) is 3.79. The van der Waals surface area contributed by atoms with Crippen LogP contribution in [0.3, 0.4) is 0 Å². The normalized spacial score (nSPS) is 10.3. The number of imidazole rings is 1. The van der Waals surface area contributed by atoms with Crippen LogP contribution in [0.4, 0.5) is 0 Å². The summed E-state index contributed by atoms with van der Waals surface area (Å²) < 4.78 is 6.66. The van der Waals surface area contributed by atoms with Gasteiger partial charge in [-0.05, 0) is 0 Å². The van der Waals surface area contributed by atoms with Crippen LogP contribution in [0.5, 0.6) is 0 Å². The van der Waals surface area contributed by atoms with E-state index >= 15 is 0 Å². The van der Waals surface area contributed by atoms with E-state index in [1.807, 2.05) is 10.8 Å². The first-order valence-corrected chi connectivity index (χ1v) is 9.29. The van der Waals surface area contributed by atoms with Gasteiger partial charge in [0.15, 0.2) is 0 Å². The van der Waals surface area contributed by atoms with Gasteiger partial charge in [-0.1, -0.05) is 90.9 Å². The molecule has 0 spiro atoms. The lowest BCUT2D eigenvalue weighted by atomic mass is 10.1. The van der Waals surface area contributed by atoms with Crippen molar-refractivity contribution in [1.82, 2.24) is 9.55 Å². The number of nitrogens with zero attached hydrogens (tertiary/aromatic N) is 2. The molecule has 0 saturated carbocycles. The zero-order chi connectivity index (χ0) is 16.3. The zero-order valence-electron chi connectivity index (χ0n) is 15.2. The summed E-state index contributed by atoms with van der Waals surface area (Å²) in [5, 5.41) is 0. The van der Waals surface area contributed by atoms with Gasteiger partial charge in [-0.15, -0.1) is 0 Å². The Kier molecular flexibility index (Phi) is 17.5. The minimum Gasteiger partial charge on any atom is -0.364 e. The van der Waals surface area contributed by atoms with Crippen LogP contribution < -0.4 is 0 Å². The third kappa shape index (κ3) is 15.6. The van der Waals surface area contributed by atoms with E-state index in [0.29, 0.717) is 6.73 Å². The highest BCUT2D eigenvalue weighted by molar-refractivity contribution is 4.71. The molecule has 130 valence electrons. The lowest BCUT2D eigenvalue weighted by Crippen LogP contribution is -1.94. The van der Waals surface area contributed by atoms with Gasteiger partial charge in [-0.3, -0.25) is 0 Å². The average molecular weight is 311 g/mol. The molecule has 3 nitrogen and oxygen atoms in total. The van der Waals surface area contributed by atoms with Crippen molar-refractivity contribution in [2.24, 2.45) is 0 Å². The molecule has 1 heterocycles. The Bertz CT molecular complexity index is 274. The number of unbranched alkanes of at least 4 members (excludes halogenated alkanes) is 11. The first-order valence-electron chi connectivity index (χ1n) is 9.29. The first kappa shape index (κ1) is 21.2. The maximum Gasteiger partial charge on any atom is 0.123 e. The summed E-state index contributed by atoms with van der Waals surface area (Å²) in [4.78, 5) is 3.82. The molecule has 0 fully saturated rings. The highest BCUT2D eigenvalue weighted by Gasteiger charge is 1.91. The van der Waals surface area contributed by atoms with Crippen LogP contribution in [0.25, 0.3) is 0 Å². The van der Waals surface area contributed by atoms with Crippen LogP contribution in [0.1, 0.15) is 90.9 Å². The SMILES string of the molecule is CCCCCCCCCCCCCC.COCn1ccnc1. The summed E-state index contributed by atoms with van der Waals surface area (Å²) in [6.45, 7) is 5.15. The largest absolute Gasteiger partial charge is 0.364 e. The van der Waals surface area contributed by atoms with Crippen LogP contribution in [0.15, 0.2) is 18.7 Å². The quantitative estimate of drug-likeness (QED) is 0.406. The molecule has 1 rings (SSSR count). The lowest BCUT2D eigenvalue weighted by molar-refractivity contribution is 0.131. The number of aromatic nitrogens is 2. The van der Waals surface area contributed by atoms with E-state index in [1.54, 1.807) is 19.6 Å². The fourth-order valence-electron chi connectivity index (χ4n) is 2.43. The molecule has 0 atom stereocenters. The number of rotatable bonds is 13. The van der Waals surface area contributed by atoms with Crippen molar-refractivity contribution in [3.8, 4) is 0 Å². The van der Waals surface area contributed by atoms with Crippen molar-refractivity contribution in [2.45, 2.75) is 97.6 Å². The van der Waals surface area contributed by atoms with Crippen molar-refractivity contribution in [1.29, 1.82) is 0 Å². The molecule has 0 amide bonds. The summed E-state index contributed by atoms with van der Waals surface area (Å²) >= 11 is 0. The minimum absolute atomic E-state index is 0.583. The molecule has 0 aliphatic rings. The number of methoxy groups -OCH3 is 1. The van der Waals surface area contributed by atoms with Crippen molar-refractivity contribution >= 4 is 0 Å². The van der Waals surface area contributed by atoms with Crippen LogP contribution in [0.2, 0.25) is 0 Å². The Labute approximate surface area is 138 Å². The topological polar surface area (TPSA) is 27.1 Å². The first-order chi connectivity index (χ1) is 10.8. The molecule has 1 aromatic heterocycles. The van der Waals surface area contributed by atoms with Crippen LogP contribution in [-0.4, -0.2) is 16.7 Å². The monoisotopic (exact) mass is 310 g/mol. The Hall–Kier alpha value is -0.830. The van der Waals surface area contributed by atoms with E-state index in [1.165, 1.54) is 77.0 Å². The Morgan fingerprint density at radius 3 is 1.55 bits per heavy atom. The predicted octanol–water partition coefficient (Wildman–Crippen LogP) is 6.19. The van der Waals surface area contributed by atoms with E-state index < -0.39 is 0 Å². The second-order valence-corrected chi connectivity index (χ2v) is 6.03. The summed E-state index contributed by atoms with van der Waals surface area (Å²) in [5.74, 6) is 0. The molecule has 3 heteroatoms. The average Bonchev–Trinajstić information content (AvgIpc) is 3.03. The zero-order valence-corrected chi connectivity index (χ0v) is 15.2. The van der Waals surface area contributed by atoms with Gasteiger partial charge in [0.25, 0.3) is 0 Å². The van der Waals surface area contributed by atoms with Gasteiger partial charge in [0, 0.05) is 19.5 Å². The maximum absolute atomic E-state index is 4.81. The van der Waals surface area contributed by atoms with Crippen molar-refractivity contribution in [2.75, 3.05) is 7.11 Å². The fraction of sp³-hybridized carbons (Fsp3) is 0.842. The van der Waals surface area contributed by atoms with Gasteiger partial charge in [0.2, 0.25) is 0 Å². The van der Waals surface area contributed by atoms with Gasteiger partial charge < -0.3 is 9.30 Å². The number of ether oxygens (including phenoxy) is 1. The Morgan fingerprint density at radius 2 is 1.23 bits per heavy atom. The third-order valence-electron chi connectivity index (χ3n) is 3.79.